The summed E-state index contributed by atoms with van der Waals surface area (Å²) >= 11 is 4.84. The van der Waals surface area contributed by atoms with Crippen LogP contribution in [0.1, 0.15) is 12.8 Å². The Bertz CT molecular complexity index is 1290. The molecule has 1 N–H and O–H groups in total. The minimum atomic E-state index is -4.77. The van der Waals surface area contributed by atoms with Crippen LogP contribution >= 0.6 is 11.6 Å². The lowest BCUT2D eigenvalue weighted by molar-refractivity contribution is -0.211. The lowest BCUT2D eigenvalue weighted by Crippen LogP contribution is -2.44. The predicted molar refractivity (Wildman–Crippen MR) is 123 cm³/mol. The summed E-state index contributed by atoms with van der Waals surface area (Å²) in [7, 11) is -4.32. The van der Waals surface area contributed by atoms with E-state index < -0.39 is 51.1 Å². The van der Waals surface area contributed by atoms with Crippen molar-refractivity contribution >= 4 is 49.7 Å². The fraction of sp³-hybridized carbons (Fsp3) is 0.333. The summed E-state index contributed by atoms with van der Waals surface area (Å²) in [4.78, 5) is 8.03. The summed E-state index contributed by atoms with van der Waals surface area (Å²) in [5.41, 5.74) is 0.479. The highest BCUT2D eigenvalue weighted by Gasteiger charge is 2.49. The third-order valence-electron chi connectivity index (χ3n) is 5.32. The zero-order valence-corrected chi connectivity index (χ0v) is 19.8. The number of ether oxygens (including phenoxy) is 1. The molecule has 0 aliphatic carbocycles. The second kappa shape index (κ2) is 9.76. The first-order valence-corrected chi connectivity index (χ1v) is 13.5. The molecule has 2 aromatic carbocycles. The standard InChI is InChI=1S/C21H19ClF3N3O4S2/c22-14-5-1-4-8-17(14)34(30,31)28-19-20(27-16-7-3-2-6-15(16)26-19)32-18(21(23,24)25)13-9-11-33(29)12-10-13/h1-8,13,18H,9-12H2,(H,26,28). The van der Waals surface area contributed by atoms with E-state index in [-0.39, 0.29) is 45.3 Å². The van der Waals surface area contributed by atoms with Gasteiger partial charge in [0.25, 0.3) is 15.9 Å². The van der Waals surface area contributed by atoms with Gasteiger partial charge in [-0.1, -0.05) is 47.0 Å². The van der Waals surface area contributed by atoms with Crippen LogP contribution in [0.4, 0.5) is 19.0 Å². The van der Waals surface area contributed by atoms with Crippen LogP contribution in [0.15, 0.2) is 53.4 Å². The number of para-hydroxylation sites is 2. The van der Waals surface area contributed by atoms with Gasteiger partial charge in [-0.05, 0) is 37.1 Å². The number of hydrogen-bond donors (Lipinski definition) is 1. The minimum Gasteiger partial charge on any atom is -0.616 e. The number of alkyl halides is 3. The lowest BCUT2D eigenvalue weighted by Gasteiger charge is -2.32. The second-order valence-electron chi connectivity index (χ2n) is 7.67. The van der Waals surface area contributed by atoms with Crippen molar-refractivity contribution in [1.29, 1.82) is 0 Å². The Morgan fingerprint density at radius 1 is 1.06 bits per heavy atom. The molecule has 3 aromatic rings. The Labute approximate surface area is 201 Å². The van der Waals surface area contributed by atoms with Gasteiger partial charge in [-0.25, -0.2) is 18.4 Å². The molecule has 0 amide bonds. The van der Waals surface area contributed by atoms with Crippen molar-refractivity contribution in [3.63, 3.8) is 0 Å². The molecule has 0 saturated carbocycles. The molecular weight excluding hydrogens is 515 g/mol. The van der Waals surface area contributed by atoms with Crippen LogP contribution in [0.25, 0.3) is 11.0 Å². The van der Waals surface area contributed by atoms with Crippen LogP contribution in [-0.2, 0) is 21.2 Å². The molecule has 4 rings (SSSR count). The van der Waals surface area contributed by atoms with Crippen LogP contribution < -0.4 is 9.46 Å². The molecule has 1 atom stereocenters. The van der Waals surface area contributed by atoms with Gasteiger partial charge in [0.1, 0.15) is 16.4 Å². The number of halogens is 4. The van der Waals surface area contributed by atoms with Crippen molar-refractivity contribution in [2.75, 3.05) is 16.2 Å². The molecule has 1 aliphatic rings. The molecular formula is C21H19ClF3N3O4S2. The number of fused-ring (bicyclic) bond motifs is 1. The van der Waals surface area contributed by atoms with Gasteiger partial charge in [0.05, 0.1) is 16.1 Å². The van der Waals surface area contributed by atoms with Crippen molar-refractivity contribution in [3.05, 3.63) is 53.6 Å². The van der Waals surface area contributed by atoms with Gasteiger partial charge in [-0.2, -0.15) is 13.2 Å². The minimum absolute atomic E-state index is 0.0540. The van der Waals surface area contributed by atoms with Crippen LogP contribution in [0, 0.1) is 5.92 Å². The van der Waals surface area contributed by atoms with Crippen LogP contribution in [0.2, 0.25) is 5.02 Å². The Hall–Kier alpha value is -2.28. The number of rotatable bonds is 6. The highest BCUT2D eigenvalue weighted by Crippen LogP contribution is 2.37. The maximum atomic E-state index is 14.0. The van der Waals surface area contributed by atoms with Crippen molar-refractivity contribution in [2.24, 2.45) is 5.92 Å². The fourth-order valence-electron chi connectivity index (χ4n) is 3.64. The van der Waals surface area contributed by atoms with E-state index in [9.17, 15) is 26.1 Å². The number of aromatic nitrogens is 2. The molecule has 34 heavy (non-hydrogen) atoms. The SMILES string of the molecule is O=S(=O)(Nc1nc2ccccc2nc1OC(C1CC[S+]([O-])CC1)C(F)(F)F)c1ccccc1Cl. The number of hydrogen-bond acceptors (Lipinski definition) is 6. The largest absolute Gasteiger partial charge is 0.616 e. The Morgan fingerprint density at radius 3 is 2.26 bits per heavy atom. The average Bonchev–Trinajstić information content (AvgIpc) is 2.77. The van der Waals surface area contributed by atoms with Gasteiger partial charge in [0, 0.05) is 5.92 Å². The highest BCUT2D eigenvalue weighted by molar-refractivity contribution is 7.92. The van der Waals surface area contributed by atoms with Gasteiger partial charge < -0.3 is 9.29 Å². The first kappa shape index (κ1) is 24.8. The monoisotopic (exact) mass is 533 g/mol. The summed E-state index contributed by atoms with van der Waals surface area (Å²) in [6.45, 7) is 0. The molecule has 2 heterocycles. The van der Waals surface area contributed by atoms with Crippen LogP contribution in [-0.4, -0.2) is 46.7 Å². The van der Waals surface area contributed by atoms with Gasteiger partial charge in [0.2, 0.25) is 5.82 Å². The Morgan fingerprint density at radius 2 is 1.65 bits per heavy atom. The summed E-state index contributed by atoms with van der Waals surface area (Å²) in [6, 6.07) is 11.9. The first-order chi connectivity index (χ1) is 16.0. The topological polar surface area (TPSA) is 104 Å². The predicted octanol–water partition coefficient (Wildman–Crippen LogP) is 4.55. The average molecular weight is 534 g/mol. The van der Waals surface area contributed by atoms with E-state index in [1.54, 1.807) is 12.1 Å². The van der Waals surface area contributed by atoms with E-state index in [4.69, 9.17) is 16.3 Å². The van der Waals surface area contributed by atoms with E-state index in [2.05, 4.69) is 14.7 Å². The third kappa shape index (κ3) is 5.51. The van der Waals surface area contributed by atoms with Gasteiger partial charge >= 0.3 is 6.18 Å². The summed E-state index contributed by atoms with van der Waals surface area (Å²) in [6.07, 6.45) is -6.93. The van der Waals surface area contributed by atoms with Crippen molar-refractivity contribution in [3.8, 4) is 5.88 Å². The van der Waals surface area contributed by atoms with Crippen molar-refractivity contribution in [1.82, 2.24) is 9.97 Å². The summed E-state index contributed by atoms with van der Waals surface area (Å²) in [5.74, 6) is -1.79. The fourth-order valence-corrected chi connectivity index (χ4v) is 6.50. The molecule has 0 bridgehead atoms. The summed E-state index contributed by atoms with van der Waals surface area (Å²) in [5, 5.41) is -0.0745. The van der Waals surface area contributed by atoms with Crippen molar-refractivity contribution < 1.29 is 30.9 Å². The highest BCUT2D eigenvalue weighted by atomic mass is 35.5. The quantitative estimate of drug-likeness (QED) is 0.466. The molecule has 182 valence electrons. The lowest BCUT2D eigenvalue weighted by atomic mass is 9.95. The molecule has 7 nitrogen and oxygen atoms in total. The Kier molecular flexibility index (Phi) is 7.13. The molecule has 1 fully saturated rings. The van der Waals surface area contributed by atoms with E-state index in [0.717, 1.165) is 0 Å². The molecule has 1 aromatic heterocycles. The molecule has 0 radical (unpaired) electrons. The van der Waals surface area contributed by atoms with E-state index in [1.807, 2.05) is 0 Å². The van der Waals surface area contributed by atoms with Gasteiger partial charge in [-0.3, -0.25) is 4.72 Å². The second-order valence-corrected chi connectivity index (χ2v) is 11.4. The van der Waals surface area contributed by atoms with Gasteiger partial charge in [-0.15, -0.1) is 0 Å². The van der Waals surface area contributed by atoms with Crippen LogP contribution in [0.3, 0.4) is 0 Å². The maximum Gasteiger partial charge on any atom is 0.425 e. The molecule has 13 heteroatoms. The number of sulfonamides is 1. The number of anilines is 1. The Balaban J connectivity index is 1.75. The van der Waals surface area contributed by atoms with E-state index >= 15 is 0 Å². The molecule has 1 saturated heterocycles. The first-order valence-electron chi connectivity index (χ1n) is 10.2. The van der Waals surface area contributed by atoms with Crippen LogP contribution in [0.5, 0.6) is 5.88 Å². The normalized spacial score (nSPS) is 20.1. The number of nitrogens with one attached hydrogen (secondary N) is 1. The summed E-state index contributed by atoms with van der Waals surface area (Å²) < 4.78 is 87.0. The zero-order valence-electron chi connectivity index (χ0n) is 17.5. The van der Waals surface area contributed by atoms with E-state index in [1.165, 1.54) is 36.4 Å². The number of nitrogens with zero attached hydrogens (tertiary/aromatic N) is 2. The smallest absolute Gasteiger partial charge is 0.425 e. The molecule has 0 spiro atoms. The van der Waals surface area contributed by atoms with E-state index in [0.29, 0.717) is 0 Å². The number of benzene rings is 2. The maximum absolute atomic E-state index is 14.0. The third-order valence-corrected chi connectivity index (χ3v) is 8.54. The zero-order chi connectivity index (χ0) is 24.5. The van der Waals surface area contributed by atoms with Gasteiger partial charge in [0.15, 0.2) is 6.10 Å². The van der Waals surface area contributed by atoms with Crippen molar-refractivity contribution in [2.45, 2.75) is 30.0 Å². The molecule has 1 unspecified atom stereocenters. The molecule has 1 aliphatic heterocycles.